The number of carbonyl (C=O) groups excluding carboxylic acids is 2. The molecule has 4 N–H and O–H groups in total. The molecule has 0 spiro atoms. The van der Waals surface area contributed by atoms with Gasteiger partial charge in [0.25, 0.3) is 0 Å². The standard InChI is InChI=1S/C20H22N2O5/c23-18(22-27)12-16(11-14-7-3-1-4-8-14)20(26)21-17(13-19(24)25)15-9-5-2-6-10-15/h1-10,16-17,27H,11-13H2,(H,21,26)(H,22,23)(H,24,25)/t16-,17+/m1/s1. The summed E-state index contributed by atoms with van der Waals surface area (Å²) in [5, 5.41) is 20.7. The van der Waals surface area contributed by atoms with Crippen LogP contribution in [-0.2, 0) is 20.8 Å². The van der Waals surface area contributed by atoms with Gasteiger partial charge in [-0.3, -0.25) is 19.6 Å². The average Bonchev–Trinajstić information content (AvgIpc) is 2.68. The van der Waals surface area contributed by atoms with Crippen LogP contribution in [0.3, 0.4) is 0 Å². The molecule has 7 nitrogen and oxygen atoms in total. The lowest BCUT2D eigenvalue weighted by atomic mass is 9.93. The van der Waals surface area contributed by atoms with Crippen LogP contribution in [0.1, 0.15) is 30.0 Å². The zero-order valence-corrected chi connectivity index (χ0v) is 14.7. The first-order chi connectivity index (χ1) is 13.0. The predicted molar refractivity (Wildman–Crippen MR) is 97.8 cm³/mol. The first-order valence-corrected chi connectivity index (χ1v) is 8.53. The Morgan fingerprint density at radius 2 is 1.48 bits per heavy atom. The van der Waals surface area contributed by atoms with Crippen LogP contribution in [-0.4, -0.2) is 28.1 Å². The summed E-state index contributed by atoms with van der Waals surface area (Å²) >= 11 is 0. The molecule has 0 aromatic heterocycles. The van der Waals surface area contributed by atoms with E-state index in [0.717, 1.165) is 5.56 Å². The van der Waals surface area contributed by atoms with Crippen LogP contribution in [0.15, 0.2) is 60.7 Å². The Hall–Kier alpha value is -3.19. The van der Waals surface area contributed by atoms with Gasteiger partial charge in [0, 0.05) is 6.42 Å². The molecule has 0 fully saturated rings. The molecular weight excluding hydrogens is 348 g/mol. The summed E-state index contributed by atoms with van der Waals surface area (Å²) in [7, 11) is 0. The molecule has 2 aromatic carbocycles. The highest BCUT2D eigenvalue weighted by atomic mass is 16.5. The molecule has 0 bridgehead atoms. The number of hydroxylamine groups is 1. The summed E-state index contributed by atoms with van der Waals surface area (Å²) in [5.74, 6) is -2.92. The molecule has 0 saturated heterocycles. The summed E-state index contributed by atoms with van der Waals surface area (Å²) in [4.78, 5) is 35.6. The number of hydrogen-bond acceptors (Lipinski definition) is 4. The number of hydrogen-bond donors (Lipinski definition) is 4. The zero-order chi connectivity index (χ0) is 19.6. The van der Waals surface area contributed by atoms with Crippen molar-refractivity contribution in [2.24, 2.45) is 5.92 Å². The molecule has 0 aliphatic rings. The predicted octanol–water partition coefficient (Wildman–Crippen LogP) is 2.07. The summed E-state index contributed by atoms with van der Waals surface area (Å²) < 4.78 is 0. The van der Waals surface area contributed by atoms with E-state index in [2.05, 4.69) is 5.32 Å². The number of carboxylic acids is 1. The van der Waals surface area contributed by atoms with E-state index in [-0.39, 0.29) is 19.3 Å². The number of amides is 2. The third-order valence-electron chi connectivity index (χ3n) is 4.15. The van der Waals surface area contributed by atoms with E-state index in [1.807, 2.05) is 30.3 Å². The molecule has 142 valence electrons. The molecule has 0 aliphatic heterocycles. The number of nitrogens with one attached hydrogen (secondary N) is 2. The molecule has 0 heterocycles. The molecule has 27 heavy (non-hydrogen) atoms. The molecule has 0 radical (unpaired) electrons. The van der Waals surface area contributed by atoms with Gasteiger partial charge in [0.05, 0.1) is 18.4 Å². The van der Waals surface area contributed by atoms with E-state index < -0.39 is 29.7 Å². The topological polar surface area (TPSA) is 116 Å². The van der Waals surface area contributed by atoms with Crippen molar-refractivity contribution in [2.45, 2.75) is 25.3 Å². The van der Waals surface area contributed by atoms with E-state index in [9.17, 15) is 14.4 Å². The normalized spacial score (nSPS) is 12.6. The van der Waals surface area contributed by atoms with Gasteiger partial charge >= 0.3 is 5.97 Å². The highest BCUT2D eigenvalue weighted by Gasteiger charge is 2.26. The van der Waals surface area contributed by atoms with Gasteiger partial charge in [-0.05, 0) is 17.5 Å². The summed E-state index contributed by atoms with van der Waals surface area (Å²) in [5.41, 5.74) is 3.06. The maximum atomic E-state index is 12.8. The molecule has 2 atom stereocenters. The lowest BCUT2D eigenvalue weighted by Gasteiger charge is -2.22. The lowest BCUT2D eigenvalue weighted by Crippen LogP contribution is -2.38. The third kappa shape index (κ3) is 6.56. The monoisotopic (exact) mass is 370 g/mol. The second-order valence-corrected chi connectivity index (χ2v) is 6.20. The molecule has 0 unspecified atom stereocenters. The van der Waals surface area contributed by atoms with E-state index >= 15 is 0 Å². The first-order valence-electron chi connectivity index (χ1n) is 8.53. The van der Waals surface area contributed by atoms with Crippen LogP contribution in [0.2, 0.25) is 0 Å². The second kappa shape index (κ2) is 10.1. The molecule has 2 rings (SSSR count). The Kier molecular flexibility index (Phi) is 7.51. The van der Waals surface area contributed by atoms with Gasteiger partial charge in [-0.25, -0.2) is 5.48 Å². The van der Waals surface area contributed by atoms with Crippen molar-refractivity contribution in [2.75, 3.05) is 0 Å². The lowest BCUT2D eigenvalue weighted by molar-refractivity contribution is -0.138. The van der Waals surface area contributed by atoms with Crippen LogP contribution in [0.25, 0.3) is 0 Å². The molecular formula is C20H22N2O5. The van der Waals surface area contributed by atoms with Gasteiger partial charge in [-0.1, -0.05) is 60.7 Å². The van der Waals surface area contributed by atoms with Gasteiger partial charge in [0.15, 0.2) is 0 Å². The minimum absolute atomic E-state index is 0.216. The number of aliphatic carboxylic acids is 1. The fourth-order valence-electron chi connectivity index (χ4n) is 2.83. The van der Waals surface area contributed by atoms with E-state index in [4.69, 9.17) is 10.3 Å². The summed E-state index contributed by atoms with van der Waals surface area (Å²) in [6.07, 6.45) is -0.208. The van der Waals surface area contributed by atoms with E-state index in [1.165, 1.54) is 0 Å². The highest BCUT2D eigenvalue weighted by molar-refractivity contribution is 5.86. The molecule has 0 aliphatic carbocycles. The fourth-order valence-corrected chi connectivity index (χ4v) is 2.83. The first kappa shape index (κ1) is 20.1. The summed E-state index contributed by atoms with van der Waals surface area (Å²) in [6.45, 7) is 0. The maximum absolute atomic E-state index is 12.8. The van der Waals surface area contributed by atoms with Crippen molar-refractivity contribution >= 4 is 17.8 Å². The molecule has 2 aromatic rings. The smallest absolute Gasteiger partial charge is 0.305 e. The number of carbonyl (C=O) groups is 3. The quantitative estimate of drug-likeness (QED) is 0.398. The molecule has 2 amide bonds. The number of carboxylic acid groups (broad SMARTS) is 1. The number of rotatable bonds is 9. The second-order valence-electron chi connectivity index (χ2n) is 6.20. The average molecular weight is 370 g/mol. The van der Waals surface area contributed by atoms with Crippen molar-refractivity contribution in [3.63, 3.8) is 0 Å². The van der Waals surface area contributed by atoms with Crippen molar-refractivity contribution in [3.05, 3.63) is 71.8 Å². The Labute approximate surface area is 157 Å². The van der Waals surface area contributed by atoms with Gasteiger partial charge in [-0.15, -0.1) is 0 Å². The maximum Gasteiger partial charge on any atom is 0.305 e. The van der Waals surface area contributed by atoms with Crippen molar-refractivity contribution in [1.29, 1.82) is 0 Å². The Bertz CT molecular complexity index is 764. The molecule has 7 heteroatoms. The van der Waals surface area contributed by atoms with Crippen molar-refractivity contribution < 1.29 is 24.7 Å². The van der Waals surface area contributed by atoms with E-state index in [0.29, 0.717) is 5.56 Å². The van der Waals surface area contributed by atoms with Gasteiger partial charge in [-0.2, -0.15) is 0 Å². The Morgan fingerprint density at radius 1 is 0.889 bits per heavy atom. The third-order valence-corrected chi connectivity index (χ3v) is 4.15. The Morgan fingerprint density at radius 3 is 2.04 bits per heavy atom. The van der Waals surface area contributed by atoms with Gasteiger partial charge in [0.2, 0.25) is 11.8 Å². The Balaban J connectivity index is 2.18. The minimum atomic E-state index is -1.04. The van der Waals surface area contributed by atoms with Crippen LogP contribution in [0.5, 0.6) is 0 Å². The highest BCUT2D eigenvalue weighted by Crippen LogP contribution is 2.20. The minimum Gasteiger partial charge on any atom is -0.481 e. The van der Waals surface area contributed by atoms with E-state index in [1.54, 1.807) is 35.8 Å². The van der Waals surface area contributed by atoms with Crippen LogP contribution in [0, 0.1) is 5.92 Å². The fraction of sp³-hybridized carbons (Fsp3) is 0.250. The number of benzene rings is 2. The van der Waals surface area contributed by atoms with Crippen molar-refractivity contribution in [3.8, 4) is 0 Å². The van der Waals surface area contributed by atoms with Crippen molar-refractivity contribution in [1.82, 2.24) is 10.8 Å². The van der Waals surface area contributed by atoms with Gasteiger partial charge in [0.1, 0.15) is 0 Å². The van der Waals surface area contributed by atoms with Crippen LogP contribution < -0.4 is 10.8 Å². The summed E-state index contributed by atoms with van der Waals surface area (Å²) in [6, 6.07) is 17.2. The largest absolute Gasteiger partial charge is 0.481 e. The zero-order valence-electron chi connectivity index (χ0n) is 14.7. The van der Waals surface area contributed by atoms with Crippen LogP contribution in [0.4, 0.5) is 0 Å². The van der Waals surface area contributed by atoms with Crippen LogP contribution >= 0.6 is 0 Å². The molecule has 0 saturated carbocycles. The van der Waals surface area contributed by atoms with Gasteiger partial charge < -0.3 is 10.4 Å². The SMILES string of the molecule is O=C(O)C[C@H](NC(=O)[C@@H](CC(=O)NO)Cc1ccccc1)c1ccccc1.